The molecular weight excluding hydrogens is 717 g/mol. The van der Waals surface area contributed by atoms with Gasteiger partial charge in [-0.2, -0.15) is 0 Å². The molecule has 344 valence electrons. The van der Waals surface area contributed by atoms with Crippen molar-refractivity contribution in [3.05, 3.63) is 72.9 Å². The predicted octanol–water partition coefficient (Wildman–Crippen LogP) is 19.6. The fourth-order valence-corrected chi connectivity index (χ4v) is 7.50. The third-order valence-corrected chi connectivity index (χ3v) is 11.5. The van der Waals surface area contributed by atoms with Gasteiger partial charge in [0.2, 0.25) is 0 Å². The van der Waals surface area contributed by atoms with Gasteiger partial charge in [-0.1, -0.05) is 222 Å². The third-order valence-electron chi connectivity index (χ3n) is 11.5. The molecule has 0 saturated carbocycles. The number of hydrogen-bond acceptors (Lipinski definition) is 2. The monoisotopic (exact) mass is 821 g/mol. The molecule has 0 aliphatic carbocycles. The molecule has 0 aromatic heterocycles. The van der Waals surface area contributed by atoms with Crippen LogP contribution in [-0.2, 0) is 9.47 Å². The van der Waals surface area contributed by atoms with Gasteiger partial charge < -0.3 is 9.47 Å². The molecule has 2 nitrogen and oxygen atoms in total. The molecule has 2 heteroatoms. The molecule has 0 saturated heterocycles. The summed E-state index contributed by atoms with van der Waals surface area (Å²) in [4.78, 5) is 0. The highest BCUT2D eigenvalue weighted by Gasteiger charge is 2.10. The lowest BCUT2D eigenvalue weighted by Gasteiger charge is -2.18. The average molecular weight is 821 g/mol. The molecule has 0 aliphatic heterocycles. The zero-order chi connectivity index (χ0) is 42.5. The lowest BCUT2D eigenvalue weighted by molar-refractivity contribution is -0.0235. The summed E-state index contributed by atoms with van der Waals surface area (Å²) in [6, 6.07) is 0. The Kier molecular flexibility index (Phi) is 52.9. The zero-order valence-electron chi connectivity index (χ0n) is 40.3. The minimum absolute atomic E-state index is 0.274. The maximum atomic E-state index is 6.46. The minimum Gasteiger partial charge on any atom is -0.379 e. The summed E-state index contributed by atoms with van der Waals surface area (Å²) in [5.74, 6) is 0. The van der Waals surface area contributed by atoms with Crippen LogP contribution in [0.15, 0.2) is 72.9 Å². The van der Waals surface area contributed by atoms with Gasteiger partial charge in [-0.05, 0) is 116 Å². The van der Waals surface area contributed by atoms with Crippen LogP contribution in [0.1, 0.15) is 265 Å². The first kappa shape index (κ1) is 57.4. The number of ether oxygens (including phenoxy) is 2. The van der Waals surface area contributed by atoms with Crippen LogP contribution in [0.4, 0.5) is 0 Å². The molecule has 0 amide bonds. The second kappa shape index (κ2) is 54.4. The summed E-state index contributed by atoms with van der Waals surface area (Å²) >= 11 is 0. The predicted molar refractivity (Wildman–Crippen MR) is 268 cm³/mol. The van der Waals surface area contributed by atoms with Crippen molar-refractivity contribution in [1.29, 1.82) is 0 Å². The Bertz CT molecular complexity index is 888. The van der Waals surface area contributed by atoms with E-state index in [-0.39, 0.29) is 6.10 Å². The van der Waals surface area contributed by atoms with Crippen LogP contribution in [0.3, 0.4) is 0 Å². The highest BCUT2D eigenvalue weighted by Crippen LogP contribution is 2.15. The van der Waals surface area contributed by atoms with E-state index in [0.29, 0.717) is 0 Å². The SMILES string of the molecule is CCCCCC=CCC=CCCCCCCCCCC(COCCCCCCCCC=CCC=CCCCCC)OCCCCCCCCC=CCC=CCCCCC. The normalized spacial score (nSPS) is 13.1. The summed E-state index contributed by atoms with van der Waals surface area (Å²) in [5.41, 5.74) is 0. The Morgan fingerprint density at radius 2 is 0.576 bits per heavy atom. The van der Waals surface area contributed by atoms with E-state index < -0.39 is 0 Å². The molecule has 0 aromatic carbocycles. The maximum absolute atomic E-state index is 6.46. The van der Waals surface area contributed by atoms with Crippen molar-refractivity contribution in [2.45, 2.75) is 271 Å². The van der Waals surface area contributed by atoms with Crippen molar-refractivity contribution < 1.29 is 9.47 Å². The molecule has 0 aromatic rings. The van der Waals surface area contributed by atoms with Crippen molar-refractivity contribution in [1.82, 2.24) is 0 Å². The van der Waals surface area contributed by atoms with E-state index in [4.69, 9.17) is 9.47 Å². The van der Waals surface area contributed by atoms with Crippen molar-refractivity contribution in [3.8, 4) is 0 Å². The highest BCUT2D eigenvalue weighted by molar-refractivity contribution is 4.94. The second-order valence-electron chi connectivity index (χ2n) is 17.5. The Labute approximate surface area is 371 Å². The largest absolute Gasteiger partial charge is 0.379 e. The van der Waals surface area contributed by atoms with E-state index in [9.17, 15) is 0 Å². The lowest BCUT2D eigenvalue weighted by Crippen LogP contribution is -2.21. The molecule has 0 aliphatic rings. The molecular formula is C57H104O2. The molecule has 59 heavy (non-hydrogen) atoms. The molecule has 1 unspecified atom stereocenters. The van der Waals surface area contributed by atoms with E-state index in [1.54, 1.807) is 0 Å². The summed E-state index contributed by atoms with van der Waals surface area (Å²) in [7, 11) is 0. The van der Waals surface area contributed by atoms with Crippen molar-refractivity contribution in [3.63, 3.8) is 0 Å². The Hall–Kier alpha value is -1.64. The van der Waals surface area contributed by atoms with Gasteiger partial charge >= 0.3 is 0 Å². The van der Waals surface area contributed by atoms with Crippen LogP contribution >= 0.6 is 0 Å². The maximum Gasteiger partial charge on any atom is 0.0808 e. The summed E-state index contributed by atoms with van der Waals surface area (Å²) < 4.78 is 12.7. The molecule has 1 atom stereocenters. The van der Waals surface area contributed by atoms with Gasteiger partial charge in [0.05, 0.1) is 12.7 Å². The Morgan fingerprint density at radius 3 is 0.932 bits per heavy atom. The minimum atomic E-state index is 0.274. The van der Waals surface area contributed by atoms with Crippen LogP contribution in [0.25, 0.3) is 0 Å². The first-order valence-electron chi connectivity index (χ1n) is 26.4. The fraction of sp³-hybridized carbons (Fsp3) is 0.789. The van der Waals surface area contributed by atoms with Crippen molar-refractivity contribution >= 4 is 0 Å². The van der Waals surface area contributed by atoms with Gasteiger partial charge in [0, 0.05) is 13.2 Å². The van der Waals surface area contributed by atoms with Crippen molar-refractivity contribution in [2.24, 2.45) is 0 Å². The molecule has 0 heterocycles. The van der Waals surface area contributed by atoms with E-state index in [2.05, 4.69) is 93.7 Å². The molecule has 0 rings (SSSR count). The first-order valence-corrected chi connectivity index (χ1v) is 26.4. The van der Waals surface area contributed by atoms with E-state index in [1.807, 2.05) is 0 Å². The van der Waals surface area contributed by atoms with Gasteiger partial charge in [-0.25, -0.2) is 0 Å². The number of unbranched alkanes of at least 4 members (excludes halogenated alkanes) is 28. The molecule has 0 spiro atoms. The van der Waals surface area contributed by atoms with Gasteiger partial charge in [0.15, 0.2) is 0 Å². The van der Waals surface area contributed by atoms with Gasteiger partial charge in [-0.3, -0.25) is 0 Å². The van der Waals surface area contributed by atoms with Gasteiger partial charge in [0.1, 0.15) is 0 Å². The van der Waals surface area contributed by atoms with Crippen molar-refractivity contribution in [2.75, 3.05) is 19.8 Å². The summed E-state index contributed by atoms with van der Waals surface area (Å²) in [6.45, 7) is 9.39. The number of allylic oxidation sites excluding steroid dienone is 12. The van der Waals surface area contributed by atoms with Crippen LogP contribution in [0, 0.1) is 0 Å². The fourth-order valence-electron chi connectivity index (χ4n) is 7.50. The lowest BCUT2D eigenvalue weighted by atomic mass is 10.1. The van der Waals surface area contributed by atoms with Crippen LogP contribution < -0.4 is 0 Å². The molecule has 0 N–H and O–H groups in total. The second-order valence-corrected chi connectivity index (χ2v) is 17.5. The first-order chi connectivity index (χ1) is 29.3. The van der Waals surface area contributed by atoms with Crippen LogP contribution in [0.2, 0.25) is 0 Å². The summed E-state index contributed by atoms with van der Waals surface area (Å²) in [5, 5.41) is 0. The summed E-state index contributed by atoms with van der Waals surface area (Å²) in [6.07, 6.45) is 77.8. The third kappa shape index (κ3) is 52.4. The Balaban J connectivity index is 4.11. The van der Waals surface area contributed by atoms with Gasteiger partial charge in [-0.15, -0.1) is 0 Å². The van der Waals surface area contributed by atoms with E-state index in [0.717, 1.165) is 45.5 Å². The Morgan fingerprint density at radius 1 is 0.288 bits per heavy atom. The topological polar surface area (TPSA) is 18.5 Å². The molecule has 0 radical (unpaired) electrons. The van der Waals surface area contributed by atoms with E-state index >= 15 is 0 Å². The average Bonchev–Trinajstić information content (AvgIpc) is 3.25. The smallest absolute Gasteiger partial charge is 0.0808 e. The van der Waals surface area contributed by atoms with Crippen LogP contribution in [0.5, 0.6) is 0 Å². The number of rotatable bonds is 49. The van der Waals surface area contributed by atoms with E-state index in [1.165, 1.54) is 218 Å². The van der Waals surface area contributed by atoms with Crippen LogP contribution in [-0.4, -0.2) is 25.9 Å². The highest BCUT2D eigenvalue weighted by atomic mass is 16.5. The quantitative estimate of drug-likeness (QED) is 0.0450. The van der Waals surface area contributed by atoms with Gasteiger partial charge in [0.25, 0.3) is 0 Å². The number of hydrogen-bond donors (Lipinski definition) is 0. The standard InChI is InChI=1S/C57H104O2/c1-4-7-10-13-16-19-22-25-28-31-32-35-38-41-44-47-50-53-57(59-55-52-49-46-43-40-37-34-30-27-24-21-18-15-12-9-6-3)56-58-54-51-48-45-42-39-36-33-29-26-23-20-17-14-11-8-5-2/h16-21,25-30,57H,4-15,22-24,31-56H2,1-3H3. The zero-order valence-corrected chi connectivity index (χ0v) is 40.3. The molecule has 0 bridgehead atoms. The molecule has 0 fully saturated rings.